The van der Waals surface area contributed by atoms with Gasteiger partial charge < -0.3 is 15.6 Å². The van der Waals surface area contributed by atoms with Crippen molar-refractivity contribution >= 4 is 33.7 Å². The number of fused-ring (bicyclic) bond motifs is 1. The molecule has 0 unspecified atom stereocenters. The number of nitrogens with one attached hydrogen (secondary N) is 1. The minimum Gasteiger partial charge on any atom is -0.374 e. The molecule has 3 aromatic rings. The van der Waals surface area contributed by atoms with E-state index >= 15 is 0 Å². The molecule has 3 N–H and O–H groups in total. The number of carbonyl (C=O) groups excluding carboxylic acids is 1. The summed E-state index contributed by atoms with van der Waals surface area (Å²) in [6, 6.07) is 0. The van der Waals surface area contributed by atoms with Gasteiger partial charge in [-0.05, 0) is 25.8 Å². The molecule has 27 heavy (non-hydrogen) atoms. The zero-order valence-electron chi connectivity index (χ0n) is 15.1. The quantitative estimate of drug-likeness (QED) is 0.671. The van der Waals surface area contributed by atoms with Crippen molar-refractivity contribution in [3.8, 4) is 0 Å². The molecular formula is C17H20N6O2S2. The van der Waals surface area contributed by atoms with E-state index in [4.69, 9.17) is 10.3 Å². The number of rotatable bonds is 5. The molecule has 0 bridgehead atoms. The second-order valence-corrected chi connectivity index (χ2v) is 8.59. The summed E-state index contributed by atoms with van der Waals surface area (Å²) < 4.78 is 5.26. The van der Waals surface area contributed by atoms with Gasteiger partial charge in [-0.1, -0.05) is 16.5 Å². The fourth-order valence-corrected chi connectivity index (χ4v) is 4.92. The smallest absolute Gasteiger partial charge is 0.252 e. The minimum atomic E-state index is -0.0690. The molecule has 8 nitrogen and oxygen atoms in total. The molecule has 0 aliphatic carbocycles. The molecule has 3 aromatic heterocycles. The van der Waals surface area contributed by atoms with Crippen LogP contribution in [0.25, 0.3) is 0 Å². The lowest BCUT2D eigenvalue weighted by Gasteiger charge is -2.27. The van der Waals surface area contributed by atoms with Crippen molar-refractivity contribution in [1.82, 2.24) is 25.6 Å². The number of carbonyl (C=O) groups is 1. The number of hydrogen-bond donors (Lipinski definition) is 2. The number of aromatic nitrogens is 3. The molecule has 0 radical (unpaired) electrons. The van der Waals surface area contributed by atoms with Crippen LogP contribution in [-0.4, -0.2) is 32.7 Å². The molecule has 142 valence electrons. The predicted octanol–water partition coefficient (Wildman–Crippen LogP) is 2.27. The van der Waals surface area contributed by atoms with Crippen LogP contribution in [0.5, 0.6) is 0 Å². The highest BCUT2D eigenvalue weighted by atomic mass is 32.1. The second kappa shape index (κ2) is 7.37. The summed E-state index contributed by atoms with van der Waals surface area (Å²) in [6.45, 7) is 6.82. The van der Waals surface area contributed by atoms with Gasteiger partial charge in [0.15, 0.2) is 0 Å². The summed E-state index contributed by atoms with van der Waals surface area (Å²) in [5.41, 5.74) is 9.60. The minimum absolute atomic E-state index is 0.0690. The Morgan fingerprint density at radius 1 is 1.41 bits per heavy atom. The molecule has 4 heterocycles. The maximum absolute atomic E-state index is 12.6. The predicted molar refractivity (Wildman–Crippen MR) is 104 cm³/mol. The van der Waals surface area contributed by atoms with Crippen LogP contribution in [0.3, 0.4) is 0 Å². The van der Waals surface area contributed by atoms with Crippen LogP contribution in [0, 0.1) is 13.8 Å². The Hall–Kier alpha value is -2.30. The third-order valence-electron chi connectivity index (χ3n) is 4.72. The lowest BCUT2D eigenvalue weighted by Crippen LogP contribution is -2.31. The number of aryl methyl sites for hydroxylation is 2. The molecule has 1 amide bonds. The number of nitrogen functional groups attached to an aromatic ring is 1. The standard InChI is InChI=1S/C17H20N6O2S2/c1-9-12(10(2)25-22-9)6-23-4-3-11-13(8-26-14(11)7-23)16(24)19-5-15-20-21-17(18)27-15/h8H,3-7H2,1-2H3,(H2,18,21)(H,19,24). The fraction of sp³-hybridized carbons (Fsp3) is 0.412. The molecule has 1 aliphatic heterocycles. The summed E-state index contributed by atoms with van der Waals surface area (Å²) in [6.07, 6.45) is 0.858. The maximum atomic E-state index is 12.6. The van der Waals surface area contributed by atoms with Crippen LogP contribution in [-0.2, 0) is 26.1 Å². The summed E-state index contributed by atoms with van der Waals surface area (Å²) in [4.78, 5) is 16.2. The molecule has 0 aromatic carbocycles. The van der Waals surface area contributed by atoms with Crippen molar-refractivity contribution in [3.63, 3.8) is 0 Å². The number of nitrogens with zero attached hydrogens (tertiary/aromatic N) is 4. The van der Waals surface area contributed by atoms with Crippen molar-refractivity contribution in [2.24, 2.45) is 0 Å². The first-order valence-corrected chi connectivity index (χ1v) is 10.3. The lowest BCUT2D eigenvalue weighted by atomic mass is 10.0. The van der Waals surface area contributed by atoms with E-state index in [1.165, 1.54) is 16.2 Å². The van der Waals surface area contributed by atoms with E-state index in [0.29, 0.717) is 16.7 Å². The Morgan fingerprint density at radius 2 is 2.26 bits per heavy atom. The van der Waals surface area contributed by atoms with Gasteiger partial charge in [0.2, 0.25) is 5.13 Å². The molecule has 1 aliphatic rings. The van der Waals surface area contributed by atoms with Crippen molar-refractivity contribution < 1.29 is 9.32 Å². The summed E-state index contributed by atoms with van der Waals surface area (Å²) in [7, 11) is 0. The molecule has 4 rings (SSSR count). The van der Waals surface area contributed by atoms with Gasteiger partial charge in [0.25, 0.3) is 5.91 Å². The van der Waals surface area contributed by atoms with Crippen LogP contribution in [0.1, 0.15) is 42.8 Å². The molecule has 0 saturated carbocycles. The van der Waals surface area contributed by atoms with Crippen molar-refractivity contribution in [2.75, 3.05) is 12.3 Å². The third-order valence-corrected chi connectivity index (χ3v) is 6.48. The zero-order chi connectivity index (χ0) is 19.0. The van der Waals surface area contributed by atoms with Gasteiger partial charge in [-0.3, -0.25) is 9.69 Å². The fourth-order valence-electron chi connectivity index (χ4n) is 3.25. The van der Waals surface area contributed by atoms with Crippen LogP contribution in [0.15, 0.2) is 9.90 Å². The van der Waals surface area contributed by atoms with Crippen LogP contribution < -0.4 is 11.1 Å². The Bertz CT molecular complexity index is 957. The van der Waals surface area contributed by atoms with E-state index in [-0.39, 0.29) is 5.91 Å². The van der Waals surface area contributed by atoms with E-state index in [1.54, 1.807) is 11.3 Å². The molecular weight excluding hydrogens is 384 g/mol. The number of thiophene rings is 1. The van der Waals surface area contributed by atoms with Crippen LogP contribution >= 0.6 is 22.7 Å². The first-order chi connectivity index (χ1) is 13.0. The lowest BCUT2D eigenvalue weighted by molar-refractivity contribution is 0.0949. The van der Waals surface area contributed by atoms with Crippen molar-refractivity contribution in [2.45, 2.75) is 39.9 Å². The van der Waals surface area contributed by atoms with Gasteiger partial charge in [-0.25, -0.2) is 0 Å². The summed E-state index contributed by atoms with van der Waals surface area (Å²) in [5, 5.41) is 17.7. The summed E-state index contributed by atoms with van der Waals surface area (Å²) in [5.74, 6) is 0.808. The first-order valence-electron chi connectivity index (χ1n) is 8.60. The van der Waals surface area contributed by atoms with E-state index in [2.05, 4.69) is 25.6 Å². The van der Waals surface area contributed by atoms with E-state index in [1.807, 2.05) is 19.2 Å². The van der Waals surface area contributed by atoms with E-state index in [9.17, 15) is 4.79 Å². The van der Waals surface area contributed by atoms with Gasteiger partial charge in [0.1, 0.15) is 10.8 Å². The molecule has 0 saturated heterocycles. The molecule has 0 atom stereocenters. The van der Waals surface area contributed by atoms with E-state index < -0.39 is 0 Å². The van der Waals surface area contributed by atoms with Gasteiger partial charge in [0, 0.05) is 35.5 Å². The highest BCUT2D eigenvalue weighted by Crippen LogP contribution is 2.30. The average Bonchev–Trinajstić information content (AvgIpc) is 3.34. The van der Waals surface area contributed by atoms with Crippen LogP contribution in [0.2, 0.25) is 0 Å². The Labute approximate surface area is 164 Å². The third kappa shape index (κ3) is 3.73. The highest BCUT2D eigenvalue weighted by Gasteiger charge is 2.25. The van der Waals surface area contributed by atoms with Crippen molar-refractivity contribution in [3.05, 3.63) is 43.4 Å². The normalized spacial score (nSPS) is 14.3. The van der Waals surface area contributed by atoms with Gasteiger partial charge in [-0.2, -0.15) is 0 Å². The first kappa shape index (κ1) is 18.1. The van der Waals surface area contributed by atoms with E-state index in [0.717, 1.165) is 54.2 Å². The zero-order valence-corrected chi connectivity index (χ0v) is 16.7. The summed E-state index contributed by atoms with van der Waals surface area (Å²) >= 11 is 2.93. The Morgan fingerprint density at radius 3 is 2.96 bits per heavy atom. The van der Waals surface area contributed by atoms with Gasteiger partial charge in [0.05, 0.1) is 17.8 Å². The highest BCUT2D eigenvalue weighted by molar-refractivity contribution is 7.15. The Kier molecular flexibility index (Phi) is 4.94. The number of anilines is 1. The van der Waals surface area contributed by atoms with Crippen molar-refractivity contribution in [1.29, 1.82) is 0 Å². The average molecular weight is 405 g/mol. The molecule has 10 heteroatoms. The number of hydrogen-bond acceptors (Lipinski definition) is 9. The maximum Gasteiger partial charge on any atom is 0.252 e. The monoisotopic (exact) mass is 404 g/mol. The topological polar surface area (TPSA) is 110 Å². The van der Waals surface area contributed by atoms with Gasteiger partial charge >= 0.3 is 0 Å². The van der Waals surface area contributed by atoms with Gasteiger partial charge in [-0.15, -0.1) is 21.5 Å². The number of amides is 1. The SMILES string of the molecule is Cc1noc(C)c1CN1CCc2c(C(=O)NCc3nnc(N)s3)csc2C1. The number of nitrogens with two attached hydrogens (primary N) is 1. The Balaban J connectivity index is 1.41. The largest absolute Gasteiger partial charge is 0.374 e. The van der Waals surface area contributed by atoms with Crippen LogP contribution in [0.4, 0.5) is 5.13 Å². The molecule has 0 fully saturated rings. The molecule has 0 spiro atoms. The second-order valence-electron chi connectivity index (χ2n) is 6.53.